The lowest BCUT2D eigenvalue weighted by Crippen LogP contribution is -2.39. The number of aromatic hydroxyl groups is 1. The Morgan fingerprint density at radius 1 is 1.17 bits per heavy atom. The van der Waals surface area contributed by atoms with Crippen LogP contribution in [0.3, 0.4) is 0 Å². The fourth-order valence-electron chi connectivity index (χ4n) is 1.81. The van der Waals surface area contributed by atoms with Crippen molar-refractivity contribution in [2.24, 2.45) is 0 Å². The number of amides is 2. The van der Waals surface area contributed by atoms with Crippen molar-refractivity contribution in [2.75, 3.05) is 17.7 Å². The summed E-state index contributed by atoms with van der Waals surface area (Å²) in [7, 11) is 1.20. The molecule has 23 heavy (non-hydrogen) atoms. The Morgan fingerprint density at radius 2 is 1.87 bits per heavy atom. The van der Waals surface area contributed by atoms with Gasteiger partial charge in [0.05, 0.1) is 23.5 Å². The van der Waals surface area contributed by atoms with Gasteiger partial charge in [-0.25, -0.2) is 4.79 Å². The number of hydrogen-bond acceptors (Lipinski definition) is 4. The summed E-state index contributed by atoms with van der Waals surface area (Å²) < 4.78 is 6.12. The number of ether oxygens (including phenoxy) is 1. The van der Waals surface area contributed by atoms with Crippen molar-refractivity contribution >= 4 is 35.0 Å². The monoisotopic (exact) mass is 336 g/mol. The van der Waals surface area contributed by atoms with Crippen LogP contribution in [0.5, 0.6) is 5.75 Å². The Hall–Kier alpha value is -2.80. The molecule has 0 bridgehead atoms. The fourth-order valence-corrected chi connectivity index (χ4v) is 2.02. The summed E-state index contributed by atoms with van der Waals surface area (Å²) in [6.07, 6.45) is 2.76. The van der Waals surface area contributed by atoms with Crippen LogP contribution < -0.4 is 15.2 Å². The number of nitrogens with one attached hydrogen (secondary N) is 2. The summed E-state index contributed by atoms with van der Waals surface area (Å²) in [6.45, 7) is 0.0973. The number of phenolic OH excluding ortho intramolecular Hbond substituents is 1. The Kier molecular flexibility index (Phi) is 5.37. The Bertz CT molecular complexity index is 722. The molecule has 1 heterocycles. The summed E-state index contributed by atoms with van der Waals surface area (Å²) in [5.74, 6) is -0.557. The van der Waals surface area contributed by atoms with Gasteiger partial charge >= 0.3 is 6.09 Å². The molecule has 7 nitrogen and oxygen atoms in total. The molecule has 0 saturated carbocycles. The molecule has 120 valence electrons. The third kappa shape index (κ3) is 4.58. The minimum Gasteiger partial charge on any atom is -0.506 e. The van der Waals surface area contributed by atoms with Gasteiger partial charge in [0.25, 0.3) is 5.91 Å². The first-order chi connectivity index (χ1) is 11.0. The van der Waals surface area contributed by atoms with Crippen LogP contribution in [0.15, 0.2) is 42.7 Å². The molecule has 0 aliphatic carbocycles. The second-order valence-corrected chi connectivity index (χ2v) is 4.97. The highest BCUT2D eigenvalue weighted by Gasteiger charge is 2.14. The minimum absolute atomic E-state index is 0.0808. The molecular formula is C15H15ClN3O4+. The van der Waals surface area contributed by atoms with Gasteiger partial charge in [0.15, 0.2) is 12.4 Å². The largest absolute Gasteiger partial charge is 0.506 e. The zero-order chi connectivity index (χ0) is 16.8. The Morgan fingerprint density at radius 3 is 2.52 bits per heavy atom. The van der Waals surface area contributed by atoms with E-state index < -0.39 is 6.09 Å². The summed E-state index contributed by atoms with van der Waals surface area (Å²) in [4.78, 5) is 23.1. The lowest BCUT2D eigenvalue weighted by Gasteiger charge is -2.11. The molecule has 1 aromatic heterocycles. The van der Waals surface area contributed by atoms with E-state index >= 15 is 0 Å². The molecule has 1 aromatic carbocycles. The van der Waals surface area contributed by atoms with Crippen LogP contribution in [0.25, 0.3) is 0 Å². The van der Waals surface area contributed by atoms with Crippen LogP contribution in [0, 0.1) is 0 Å². The minimum atomic E-state index is -0.742. The van der Waals surface area contributed by atoms with E-state index in [-0.39, 0.29) is 34.6 Å². The molecule has 0 aliphatic heterocycles. The molecule has 2 amide bonds. The van der Waals surface area contributed by atoms with Crippen LogP contribution in [-0.2, 0) is 16.1 Å². The summed E-state index contributed by atoms with van der Waals surface area (Å²) >= 11 is 6.05. The standard InChI is InChI=1S/C15H14ClN3O4/c1-23-15(22)18-12-7-10(16)11(8-13(12)20)17-14(21)9-19-5-3-2-4-6-19/h2-8H,9H2,1H3,(H2-,17,18,20,21,22)/p+1. The predicted molar refractivity (Wildman–Crippen MR) is 84.4 cm³/mol. The SMILES string of the molecule is COC(=O)Nc1cc(Cl)c(NC(=O)C[n+]2ccccc2)cc1O. The molecular weight excluding hydrogens is 322 g/mol. The second-order valence-electron chi connectivity index (χ2n) is 4.56. The molecule has 2 aromatic rings. The molecule has 2 rings (SSSR count). The number of pyridine rings is 1. The van der Waals surface area contributed by atoms with Crippen molar-refractivity contribution < 1.29 is 24.0 Å². The number of phenols is 1. The van der Waals surface area contributed by atoms with Crippen molar-refractivity contribution in [2.45, 2.75) is 6.54 Å². The smallest absolute Gasteiger partial charge is 0.411 e. The van der Waals surface area contributed by atoms with Crippen molar-refractivity contribution in [3.8, 4) is 5.75 Å². The molecule has 8 heteroatoms. The molecule has 0 saturated heterocycles. The van der Waals surface area contributed by atoms with Crippen LogP contribution >= 0.6 is 11.6 Å². The van der Waals surface area contributed by atoms with Crippen molar-refractivity contribution in [3.63, 3.8) is 0 Å². The number of carbonyl (C=O) groups excluding carboxylic acids is 2. The highest BCUT2D eigenvalue weighted by molar-refractivity contribution is 6.34. The van der Waals surface area contributed by atoms with E-state index in [9.17, 15) is 14.7 Å². The normalized spacial score (nSPS) is 10.0. The van der Waals surface area contributed by atoms with Crippen LogP contribution in [0.2, 0.25) is 5.02 Å². The van der Waals surface area contributed by atoms with E-state index in [0.717, 1.165) is 0 Å². The number of carbonyl (C=O) groups is 2. The van der Waals surface area contributed by atoms with Gasteiger partial charge in [-0.1, -0.05) is 17.7 Å². The number of benzene rings is 1. The zero-order valence-corrected chi connectivity index (χ0v) is 13.0. The topological polar surface area (TPSA) is 91.5 Å². The maximum absolute atomic E-state index is 12.0. The number of nitrogens with zero attached hydrogens (tertiary/aromatic N) is 1. The Labute approximate surface area is 137 Å². The zero-order valence-electron chi connectivity index (χ0n) is 12.2. The third-order valence-electron chi connectivity index (χ3n) is 2.89. The van der Waals surface area contributed by atoms with Crippen LogP contribution in [0.1, 0.15) is 0 Å². The molecule has 0 radical (unpaired) electrons. The number of methoxy groups -OCH3 is 1. The fraction of sp³-hybridized carbons (Fsp3) is 0.133. The van der Waals surface area contributed by atoms with Gasteiger partial charge in [0, 0.05) is 18.2 Å². The highest BCUT2D eigenvalue weighted by Crippen LogP contribution is 2.33. The number of aromatic nitrogens is 1. The van der Waals surface area contributed by atoms with Crippen LogP contribution in [-0.4, -0.2) is 24.2 Å². The first-order valence-electron chi connectivity index (χ1n) is 6.61. The number of hydrogen-bond donors (Lipinski definition) is 3. The third-order valence-corrected chi connectivity index (χ3v) is 3.20. The van der Waals surface area contributed by atoms with Gasteiger partial charge in [0.1, 0.15) is 5.75 Å². The molecule has 3 N–H and O–H groups in total. The average molecular weight is 337 g/mol. The van der Waals surface area contributed by atoms with Gasteiger partial charge in [0.2, 0.25) is 6.54 Å². The van der Waals surface area contributed by atoms with E-state index in [2.05, 4.69) is 15.4 Å². The molecule has 0 unspecified atom stereocenters. The van der Waals surface area contributed by atoms with Gasteiger partial charge in [-0.05, 0) is 6.07 Å². The maximum atomic E-state index is 12.0. The van der Waals surface area contributed by atoms with E-state index in [1.807, 2.05) is 6.07 Å². The van der Waals surface area contributed by atoms with Crippen molar-refractivity contribution in [1.82, 2.24) is 0 Å². The Balaban J connectivity index is 2.09. The van der Waals surface area contributed by atoms with E-state index in [0.29, 0.717) is 0 Å². The van der Waals surface area contributed by atoms with Crippen molar-refractivity contribution in [1.29, 1.82) is 0 Å². The number of halogens is 1. The summed E-state index contributed by atoms with van der Waals surface area (Å²) in [5.41, 5.74) is 0.318. The van der Waals surface area contributed by atoms with E-state index in [1.54, 1.807) is 29.1 Å². The van der Waals surface area contributed by atoms with Gasteiger partial charge in [-0.2, -0.15) is 4.57 Å². The van der Waals surface area contributed by atoms with Crippen LogP contribution in [0.4, 0.5) is 16.2 Å². The van der Waals surface area contributed by atoms with Gasteiger partial charge < -0.3 is 15.2 Å². The maximum Gasteiger partial charge on any atom is 0.411 e. The number of anilines is 2. The van der Waals surface area contributed by atoms with E-state index in [1.165, 1.54) is 19.2 Å². The first-order valence-corrected chi connectivity index (χ1v) is 6.99. The van der Waals surface area contributed by atoms with Gasteiger partial charge in [-0.3, -0.25) is 10.1 Å². The first kappa shape index (κ1) is 16.6. The van der Waals surface area contributed by atoms with Crippen molar-refractivity contribution in [3.05, 3.63) is 47.7 Å². The summed E-state index contributed by atoms with van der Waals surface area (Å²) in [5, 5.41) is 15.0. The van der Waals surface area contributed by atoms with E-state index in [4.69, 9.17) is 11.6 Å². The molecule has 0 spiro atoms. The lowest BCUT2D eigenvalue weighted by molar-refractivity contribution is -0.684. The highest BCUT2D eigenvalue weighted by atomic mass is 35.5. The predicted octanol–water partition coefficient (Wildman–Crippen LogP) is 2.15. The quantitative estimate of drug-likeness (QED) is 0.589. The molecule has 0 atom stereocenters. The van der Waals surface area contributed by atoms with Gasteiger partial charge in [-0.15, -0.1) is 0 Å². The molecule has 0 fully saturated rings. The second kappa shape index (κ2) is 7.46. The number of rotatable bonds is 4. The molecule has 0 aliphatic rings. The lowest BCUT2D eigenvalue weighted by atomic mass is 10.2. The average Bonchev–Trinajstić information content (AvgIpc) is 2.53. The summed E-state index contributed by atoms with van der Waals surface area (Å²) in [6, 6.07) is 8.02.